The summed E-state index contributed by atoms with van der Waals surface area (Å²) in [6.45, 7) is 0. The normalized spacial score (nSPS) is 10.7. The zero-order chi connectivity index (χ0) is 18.8. The van der Waals surface area contributed by atoms with E-state index in [-0.39, 0.29) is 5.91 Å². The minimum absolute atomic E-state index is 0.269. The highest BCUT2D eigenvalue weighted by Crippen LogP contribution is 2.31. The zero-order valence-corrected chi connectivity index (χ0v) is 15.6. The van der Waals surface area contributed by atoms with E-state index in [9.17, 15) is 4.79 Å². The van der Waals surface area contributed by atoms with Gasteiger partial charge in [0.2, 0.25) is 0 Å². The minimum atomic E-state index is -0.269. The molecule has 0 atom stereocenters. The van der Waals surface area contributed by atoms with Crippen LogP contribution < -0.4 is 5.32 Å². The number of amides is 1. The first-order valence-electron chi connectivity index (χ1n) is 8.34. The highest BCUT2D eigenvalue weighted by atomic mass is 35.5. The van der Waals surface area contributed by atoms with Gasteiger partial charge in [0, 0.05) is 10.9 Å². The molecular formula is C22H14Cl2N2O. The number of pyridine rings is 1. The molecule has 0 unspecified atom stereocenters. The molecule has 0 radical (unpaired) electrons. The first-order valence-corrected chi connectivity index (χ1v) is 9.09. The third-order valence-electron chi connectivity index (χ3n) is 4.23. The van der Waals surface area contributed by atoms with Gasteiger partial charge in [0.1, 0.15) is 0 Å². The van der Waals surface area contributed by atoms with Gasteiger partial charge in [0.25, 0.3) is 5.91 Å². The van der Waals surface area contributed by atoms with E-state index in [0.717, 1.165) is 22.2 Å². The largest absolute Gasteiger partial charge is 0.321 e. The van der Waals surface area contributed by atoms with Crippen molar-refractivity contribution in [1.82, 2.24) is 4.98 Å². The maximum absolute atomic E-state index is 13.0. The maximum Gasteiger partial charge on any atom is 0.256 e. The van der Waals surface area contributed by atoms with Gasteiger partial charge in [0.05, 0.1) is 32.5 Å². The van der Waals surface area contributed by atoms with Crippen LogP contribution in [-0.4, -0.2) is 10.9 Å². The van der Waals surface area contributed by atoms with E-state index in [1.54, 1.807) is 24.3 Å². The van der Waals surface area contributed by atoms with Gasteiger partial charge in [-0.2, -0.15) is 0 Å². The number of carbonyl (C=O) groups excluding carboxylic acids is 1. The molecule has 132 valence electrons. The molecule has 1 aromatic heterocycles. The Morgan fingerprint density at radius 3 is 2.41 bits per heavy atom. The SMILES string of the molecule is O=C(Nc1cccc(Cl)c1Cl)c1cc(-c2ccccc2)nc2ccccc12. The number of anilines is 1. The van der Waals surface area contributed by atoms with Crippen LogP contribution in [0, 0.1) is 0 Å². The van der Waals surface area contributed by atoms with Crippen molar-refractivity contribution >= 4 is 45.7 Å². The molecule has 4 rings (SSSR count). The summed E-state index contributed by atoms with van der Waals surface area (Å²) in [6, 6.07) is 24.2. The molecule has 5 heteroatoms. The van der Waals surface area contributed by atoms with Crippen LogP contribution in [0.2, 0.25) is 10.0 Å². The van der Waals surface area contributed by atoms with Crippen molar-refractivity contribution in [3.05, 3.63) is 94.5 Å². The van der Waals surface area contributed by atoms with Gasteiger partial charge in [-0.05, 0) is 24.3 Å². The first-order chi connectivity index (χ1) is 13.1. The van der Waals surface area contributed by atoms with E-state index < -0.39 is 0 Å². The Labute approximate surface area is 166 Å². The number of rotatable bonds is 3. The minimum Gasteiger partial charge on any atom is -0.321 e. The summed E-state index contributed by atoms with van der Waals surface area (Å²) in [7, 11) is 0. The number of para-hydroxylation sites is 1. The average Bonchev–Trinajstić information content (AvgIpc) is 2.71. The molecule has 1 amide bonds. The lowest BCUT2D eigenvalue weighted by Gasteiger charge is -2.12. The van der Waals surface area contributed by atoms with Gasteiger partial charge in [-0.15, -0.1) is 0 Å². The quantitative estimate of drug-likeness (QED) is 0.434. The van der Waals surface area contributed by atoms with Crippen LogP contribution in [0.25, 0.3) is 22.2 Å². The fourth-order valence-electron chi connectivity index (χ4n) is 2.91. The molecule has 0 aliphatic carbocycles. The van der Waals surface area contributed by atoms with Gasteiger partial charge < -0.3 is 5.32 Å². The highest BCUT2D eigenvalue weighted by Gasteiger charge is 2.15. The predicted octanol–water partition coefficient (Wildman–Crippen LogP) is 6.46. The summed E-state index contributed by atoms with van der Waals surface area (Å²) in [6.07, 6.45) is 0. The number of hydrogen-bond acceptors (Lipinski definition) is 2. The second kappa shape index (κ2) is 7.39. The van der Waals surface area contributed by atoms with Crippen molar-refractivity contribution in [2.24, 2.45) is 0 Å². The number of aromatic nitrogens is 1. The first kappa shape index (κ1) is 17.5. The van der Waals surface area contributed by atoms with E-state index in [2.05, 4.69) is 5.32 Å². The molecule has 0 aliphatic heterocycles. The lowest BCUT2D eigenvalue weighted by Crippen LogP contribution is -2.13. The van der Waals surface area contributed by atoms with Crippen LogP contribution >= 0.6 is 23.2 Å². The second-order valence-corrected chi connectivity index (χ2v) is 6.78. The van der Waals surface area contributed by atoms with E-state index in [1.807, 2.05) is 54.6 Å². The van der Waals surface area contributed by atoms with Gasteiger partial charge in [-0.1, -0.05) is 77.8 Å². The number of nitrogens with one attached hydrogen (secondary N) is 1. The number of nitrogens with zero attached hydrogens (tertiary/aromatic N) is 1. The predicted molar refractivity (Wildman–Crippen MR) is 112 cm³/mol. The molecule has 0 fully saturated rings. The molecule has 4 aromatic rings. The maximum atomic E-state index is 13.0. The molecular weight excluding hydrogens is 379 g/mol. The van der Waals surface area contributed by atoms with Crippen LogP contribution in [0.4, 0.5) is 5.69 Å². The monoisotopic (exact) mass is 392 g/mol. The lowest BCUT2D eigenvalue weighted by molar-refractivity contribution is 0.102. The second-order valence-electron chi connectivity index (χ2n) is 5.99. The van der Waals surface area contributed by atoms with Crippen molar-refractivity contribution in [3.8, 4) is 11.3 Å². The number of fused-ring (bicyclic) bond motifs is 1. The smallest absolute Gasteiger partial charge is 0.256 e. The van der Waals surface area contributed by atoms with Crippen molar-refractivity contribution in [2.45, 2.75) is 0 Å². The van der Waals surface area contributed by atoms with E-state index in [0.29, 0.717) is 21.3 Å². The molecule has 1 heterocycles. The Hall–Kier alpha value is -2.88. The fourth-order valence-corrected chi connectivity index (χ4v) is 3.26. The van der Waals surface area contributed by atoms with Gasteiger partial charge in [-0.25, -0.2) is 4.98 Å². The molecule has 0 saturated carbocycles. The van der Waals surface area contributed by atoms with Gasteiger partial charge in [0.15, 0.2) is 0 Å². The highest BCUT2D eigenvalue weighted by molar-refractivity contribution is 6.44. The fraction of sp³-hybridized carbons (Fsp3) is 0. The van der Waals surface area contributed by atoms with Crippen molar-refractivity contribution in [1.29, 1.82) is 0 Å². The Morgan fingerprint density at radius 2 is 1.59 bits per heavy atom. The summed E-state index contributed by atoms with van der Waals surface area (Å²) >= 11 is 12.3. The van der Waals surface area contributed by atoms with E-state index in [4.69, 9.17) is 28.2 Å². The Kier molecular flexibility index (Phi) is 4.80. The topological polar surface area (TPSA) is 42.0 Å². The van der Waals surface area contributed by atoms with Crippen molar-refractivity contribution in [3.63, 3.8) is 0 Å². The molecule has 0 spiro atoms. The molecule has 0 saturated heterocycles. The standard InChI is InChI=1S/C22H14Cl2N2O/c23-17-10-6-12-19(21(17)24)26-22(27)16-13-20(14-7-2-1-3-8-14)25-18-11-5-4-9-15(16)18/h1-13H,(H,26,27). The van der Waals surface area contributed by atoms with Gasteiger partial charge in [-0.3, -0.25) is 4.79 Å². The number of benzene rings is 3. The lowest BCUT2D eigenvalue weighted by atomic mass is 10.0. The number of halogens is 2. The number of carbonyl (C=O) groups is 1. The van der Waals surface area contributed by atoms with Crippen LogP contribution in [0.1, 0.15) is 10.4 Å². The summed E-state index contributed by atoms with van der Waals surface area (Å²) < 4.78 is 0. The van der Waals surface area contributed by atoms with Crippen LogP contribution in [0.5, 0.6) is 0 Å². The number of hydrogen-bond donors (Lipinski definition) is 1. The summed E-state index contributed by atoms with van der Waals surface area (Å²) in [4.78, 5) is 17.7. The van der Waals surface area contributed by atoms with Crippen molar-refractivity contribution < 1.29 is 4.79 Å². The van der Waals surface area contributed by atoms with Gasteiger partial charge >= 0.3 is 0 Å². The molecule has 27 heavy (non-hydrogen) atoms. The Morgan fingerprint density at radius 1 is 0.852 bits per heavy atom. The summed E-state index contributed by atoms with van der Waals surface area (Å²) in [5, 5.41) is 4.33. The Balaban J connectivity index is 1.82. The van der Waals surface area contributed by atoms with E-state index >= 15 is 0 Å². The summed E-state index contributed by atoms with van der Waals surface area (Å²) in [5.74, 6) is -0.269. The molecule has 1 N–H and O–H groups in total. The van der Waals surface area contributed by atoms with Crippen molar-refractivity contribution in [2.75, 3.05) is 5.32 Å². The zero-order valence-electron chi connectivity index (χ0n) is 14.1. The molecule has 3 aromatic carbocycles. The molecule has 0 aliphatic rings. The molecule has 0 bridgehead atoms. The molecule has 3 nitrogen and oxygen atoms in total. The summed E-state index contributed by atoms with van der Waals surface area (Å²) in [5.41, 5.74) is 3.42. The Bertz CT molecular complexity index is 1140. The van der Waals surface area contributed by atoms with Crippen LogP contribution in [0.15, 0.2) is 78.9 Å². The van der Waals surface area contributed by atoms with Crippen LogP contribution in [0.3, 0.4) is 0 Å². The third-order valence-corrected chi connectivity index (χ3v) is 5.05. The third kappa shape index (κ3) is 3.52. The van der Waals surface area contributed by atoms with E-state index in [1.165, 1.54) is 0 Å². The van der Waals surface area contributed by atoms with Crippen LogP contribution in [-0.2, 0) is 0 Å². The average molecular weight is 393 g/mol.